The van der Waals surface area contributed by atoms with Gasteiger partial charge in [0.15, 0.2) is 18.9 Å². The predicted molar refractivity (Wildman–Crippen MR) is 216 cm³/mol. The van der Waals surface area contributed by atoms with E-state index in [0.29, 0.717) is 35.5 Å². The molecule has 1 spiro atoms. The Morgan fingerprint density at radius 2 is 1.34 bits per heavy atom. The van der Waals surface area contributed by atoms with Crippen LogP contribution in [-0.2, 0) is 33.2 Å². The van der Waals surface area contributed by atoms with Crippen molar-refractivity contribution in [1.82, 2.24) is 0 Å². The Kier molecular flexibility index (Phi) is 12.5. The molecule has 4 saturated heterocycles. The Morgan fingerprint density at radius 3 is 2.05 bits per heavy atom. The molecule has 8 N–H and O–H groups in total. The van der Waals surface area contributed by atoms with Gasteiger partial charge in [-0.1, -0.05) is 39.3 Å². The number of hydrogen-bond acceptors (Lipinski definition) is 15. The average Bonchev–Trinajstić information content (AvgIpc) is 3.69. The van der Waals surface area contributed by atoms with E-state index in [9.17, 15) is 40.9 Å². The van der Waals surface area contributed by atoms with Crippen molar-refractivity contribution in [2.45, 2.75) is 210 Å². The van der Waals surface area contributed by atoms with E-state index in [0.717, 1.165) is 43.6 Å². The number of aliphatic hydroxyl groups is 8. The zero-order chi connectivity index (χ0) is 43.5. The molecule has 5 aliphatic carbocycles. The highest BCUT2D eigenvalue weighted by molar-refractivity contribution is 5.27. The lowest BCUT2D eigenvalue weighted by molar-refractivity contribution is -0.386. The van der Waals surface area contributed by atoms with Gasteiger partial charge in [0.1, 0.15) is 61.0 Å². The summed E-state index contributed by atoms with van der Waals surface area (Å²) in [5.41, 5.74) is 1.90. The second-order valence-electron chi connectivity index (χ2n) is 21.6. The van der Waals surface area contributed by atoms with Gasteiger partial charge in [-0.05, 0) is 130 Å². The summed E-state index contributed by atoms with van der Waals surface area (Å²) in [4.78, 5) is 0. The van der Waals surface area contributed by atoms with Crippen molar-refractivity contribution >= 4 is 0 Å². The van der Waals surface area contributed by atoms with E-state index in [-0.39, 0.29) is 17.1 Å². The molecule has 4 heterocycles. The first-order chi connectivity index (χ1) is 28.9. The highest BCUT2D eigenvalue weighted by atomic mass is 16.8. The van der Waals surface area contributed by atoms with Crippen molar-refractivity contribution in [2.24, 2.45) is 52.3 Å². The van der Waals surface area contributed by atoms with Crippen molar-refractivity contribution in [2.75, 3.05) is 13.2 Å². The Hall–Kier alpha value is -0.860. The largest absolute Gasteiger partial charge is 0.394 e. The van der Waals surface area contributed by atoms with Gasteiger partial charge in [-0.15, -0.1) is 0 Å². The summed E-state index contributed by atoms with van der Waals surface area (Å²) in [5.74, 6) is 4.74. The van der Waals surface area contributed by atoms with Crippen molar-refractivity contribution in [1.29, 1.82) is 0 Å². The lowest BCUT2D eigenvalue weighted by Gasteiger charge is -2.59. The second kappa shape index (κ2) is 16.8. The molecule has 9 aliphatic rings. The van der Waals surface area contributed by atoms with E-state index in [1.165, 1.54) is 57.9 Å². The maximum absolute atomic E-state index is 11.5. The lowest BCUT2D eigenvalue weighted by Crippen LogP contribution is -2.66. The summed E-state index contributed by atoms with van der Waals surface area (Å²) in [6.07, 6.45) is -8.24. The number of allylic oxidation sites excluding steroid dienone is 1. The molecule has 0 aromatic heterocycles. The number of hydrogen-bond donors (Lipinski definition) is 8. The molecule has 0 amide bonds. The van der Waals surface area contributed by atoms with E-state index in [2.05, 4.69) is 33.8 Å². The summed E-state index contributed by atoms with van der Waals surface area (Å²) in [7, 11) is 0. The van der Waals surface area contributed by atoms with E-state index < -0.39 is 98.7 Å². The molecule has 4 aliphatic heterocycles. The Labute approximate surface area is 360 Å². The Balaban J connectivity index is 0.843. The van der Waals surface area contributed by atoms with Gasteiger partial charge in [0.2, 0.25) is 0 Å². The molecule has 0 aromatic rings. The number of fused-ring (bicyclic) bond motifs is 7. The first-order valence-corrected chi connectivity index (χ1v) is 23.5. The fourth-order valence-corrected chi connectivity index (χ4v) is 14.8. The normalized spacial score (nSPS) is 58.4. The van der Waals surface area contributed by atoms with Crippen LogP contribution in [0.5, 0.6) is 0 Å². The minimum atomic E-state index is -1.73. The van der Waals surface area contributed by atoms with Crippen LogP contribution < -0.4 is 0 Å². The molecule has 15 nitrogen and oxygen atoms in total. The van der Waals surface area contributed by atoms with Crippen molar-refractivity contribution in [3.63, 3.8) is 0 Å². The first-order valence-electron chi connectivity index (χ1n) is 23.5. The molecule has 348 valence electrons. The summed E-state index contributed by atoms with van der Waals surface area (Å²) in [5, 5.41) is 86.3. The topological polar surface area (TPSA) is 226 Å². The van der Waals surface area contributed by atoms with Gasteiger partial charge >= 0.3 is 0 Å². The third-order valence-corrected chi connectivity index (χ3v) is 18.3. The zero-order valence-electron chi connectivity index (χ0n) is 36.8. The number of aliphatic hydroxyl groups excluding tert-OH is 8. The van der Waals surface area contributed by atoms with Crippen LogP contribution in [-0.4, -0.2) is 158 Å². The van der Waals surface area contributed by atoms with E-state index >= 15 is 0 Å². The number of ether oxygens (including phenoxy) is 7. The van der Waals surface area contributed by atoms with Crippen molar-refractivity contribution in [3.8, 4) is 0 Å². The maximum atomic E-state index is 11.5. The molecule has 0 aromatic carbocycles. The summed E-state index contributed by atoms with van der Waals surface area (Å²) >= 11 is 0. The molecule has 0 bridgehead atoms. The van der Waals surface area contributed by atoms with Crippen LogP contribution in [0.1, 0.15) is 106 Å². The minimum Gasteiger partial charge on any atom is -0.394 e. The Bertz CT molecular complexity index is 1590. The third kappa shape index (κ3) is 7.44. The SMILES string of the molecule is CC1CC[C@]2(C[C@H]3CC4C5CC=C6C[C@@H](O[C@@H]7O[C@H](CO)[C@@H](O[C@@H]8O[C@@H](C)[C@H](O)[C@@H](O)[C@H]8O[C@@H]8O[C@@H](C)[C@H](O)[C@@H](O)[C@H]8O)[C@H](O)[C@H]7O)CC[C@]6(C)C5CC[C@]4(C)C3C2C)OC1. The number of rotatable bonds is 7. The highest BCUT2D eigenvalue weighted by Crippen LogP contribution is 2.72. The molecule has 4 saturated carbocycles. The smallest absolute Gasteiger partial charge is 0.187 e. The third-order valence-electron chi connectivity index (χ3n) is 18.3. The monoisotopic (exact) mass is 867 g/mol. The van der Waals surface area contributed by atoms with Gasteiger partial charge in [-0.3, -0.25) is 0 Å². The molecular weight excluding hydrogens is 792 g/mol. The van der Waals surface area contributed by atoms with Crippen LogP contribution in [0.15, 0.2) is 11.6 Å². The maximum Gasteiger partial charge on any atom is 0.187 e. The molecular formula is C46H74O15. The quantitative estimate of drug-likeness (QED) is 0.171. The van der Waals surface area contributed by atoms with Gasteiger partial charge in [0.05, 0.1) is 30.5 Å². The van der Waals surface area contributed by atoms with Gasteiger partial charge < -0.3 is 74.0 Å². The molecule has 9 rings (SSSR count). The fraction of sp³-hybridized carbons (Fsp3) is 0.957. The van der Waals surface area contributed by atoms with E-state index in [4.69, 9.17) is 33.2 Å². The van der Waals surface area contributed by atoms with Crippen LogP contribution in [0, 0.1) is 52.3 Å². The average molecular weight is 867 g/mol. The van der Waals surface area contributed by atoms with Crippen LogP contribution in [0.3, 0.4) is 0 Å². The van der Waals surface area contributed by atoms with Crippen molar-refractivity contribution < 1.29 is 74.0 Å². The predicted octanol–water partition coefficient (Wildman–Crippen LogP) is 1.91. The van der Waals surface area contributed by atoms with Gasteiger partial charge in [0.25, 0.3) is 0 Å². The highest BCUT2D eigenvalue weighted by Gasteiger charge is 2.68. The summed E-state index contributed by atoms with van der Waals surface area (Å²) < 4.78 is 42.7. The van der Waals surface area contributed by atoms with Crippen LogP contribution in [0.25, 0.3) is 0 Å². The van der Waals surface area contributed by atoms with Gasteiger partial charge in [0, 0.05) is 6.61 Å². The second-order valence-corrected chi connectivity index (χ2v) is 21.6. The molecule has 6 unspecified atom stereocenters. The van der Waals surface area contributed by atoms with E-state index in [1.807, 2.05) is 0 Å². The van der Waals surface area contributed by atoms with Crippen LogP contribution >= 0.6 is 0 Å². The lowest BCUT2D eigenvalue weighted by atomic mass is 9.46. The summed E-state index contributed by atoms with van der Waals surface area (Å²) in [6.45, 7) is 13.2. The standard InChI is InChI=1S/C46H74O15/c1-20-9-14-46(55-19-20)17-24-15-29-27-8-7-25-16-26(10-12-44(25,5)28(27)11-13-45(29,6)31(24)21(46)2)58-42-38(54)36(52)39(30(18-47)59-42)60-43-40(35(51)33(49)23(4)57-43)61-41-37(53)34(50)32(48)22(3)56-41/h7,20-24,26-43,47-54H,8-19H2,1-6H3/t20?,21?,22-,23-,24+,26-,27?,28?,29?,30+,31?,32-,33-,34+,35+,36+,37+,38+,39+,40+,41-,42+,43-,44-,45-,46+/m0/s1. The fourth-order valence-electron chi connectivity index (χ4n) is 14.8. The molecule has 61 heavy (non-hydrogen) atoms. The molecule has 26 atom stereocenters. The first kappa shape index (κ1) is 45.3. The Morgan fingerprint density at radius 1 is 0.689 bits per heavy atom. The molecule has 0 radical (unpaired) electrons. The van der Waals surface area contributed by atoms with Crippen LogP contribution in [0.2, 0.25) is 0 Å². The van der Waals surface area contributed by atoms with Gasteiger partial charge in [-0.2, -0.15) is 0 Å². The zero-order valence-corrected chi connectivity index (χ0v) is 36.8. The van der Waals surface area contributed by atoms with Crippen LogP contribution in [0.4, 0.5) is 0 Å². The molecule has 15 heteroatoms. The summed E-state index contributed by atoms with van der Waals surface area (Å²) in [6, 6.07) is 0. The van der Waals surface area contributed by atoms with Gasteiger partial charge in [-0.25, -0.2) is 0 Å². The molecule has 8 fully saturated rings. The van der Waals surface area contributed by atoms with E-state index in [1.54, 1.807) is 0 Å². The minimum absolute atomic E-state index is 0.0674. The van der Waals surface area contributed by atoms with Crippen molar-refractivity contribution in [3.05, 3.63) is 11.6 Å².